The molecule has 0 heterocycles. The summed E-state index contributed by atoms with van der Waals surface area (Å²) in [6.45, 7) is 0.142. The van der Waals surface area contributed by atoms with Crippen LogP contribution in [0.1, 0.15) is 16.8 Å². The molecule has 0 aliphatic rings. The van der Waals surface area contributed by atoms with Crippen molar-refractivity contribution in [3.8, 4) is 11.5 Å². The molecule has 104 valence electrons. The molecule has 1 aromatic carbocycles. The van der Waals surface area contributed by atoms with E-state index in [4.69, 9.17) is 14.6 Å². The fourth-order valence-electron chi connectivity index (χ4n) is 1.55. The maximum atomic E-state index is 12.1. The third kappa shape index (κ3) is 3.87. The third-order valence-electron chi connectivity index (χ3n) is 2.65. The molecule has 19 heavy (non-hydrogen) atoms. The van der Waals surface area contributed by atoms with Gasteiger partial charge in [-0.05, 0) is 12.1 Å². The molecule has 0 spiro atoms. The molecule has 0 fully saturated rings. The quantitative estimate of drug-likeness (QED) is 0.839. The van der Waals surface area contributed by atoms with Gasteiger partial charge in [-0.1, -0.05) is 0 Å². The number of carbonyl (C=O) groups excluding carboxylic acids is 1. The number of amides is 1. The van der Waals surface area contributed by atoms with Crippen molar-refractivity contribution in [1.29, 1.82) is 0 Å². The van der Waals surface area contributed by atoms with E-state index < -0.39 is 5.97 Å². The predicted molar refractivity (Wildman–Crippen MR) is 68.8 cm³/mol. The first-order chi connectivity index (χ1) is 8.99. The molecule has 0 aromatic heterocycles. The molecule has 0 saturated carbocycles. The van der Waals surface area contributed by atoms with Gasteiger partial charge in [0.2, 0.25) is 0 Å². The van der Waals surface area contributed by atoms with Gasteiger partial charge in [-0.3, -0.25) is 9.59 Å². The van der Waals surface area contributed by atoms with E-state index in [-0.39, 0.29) is 18.9 Å². The number of carboxylic acids is 1. The zero-order valence-corrected chi connectivity index (χ0v) is 11.2. The van der Waals surface area contributed by atoms with Gasteiger partial charge in [0.05, 0.1) is 26.2 Å². The van der Waals surface area contributed by atoms with Crippen molar-refractivity contribution < 1.29 is 24.2 Å². The van der Waals surface area contributed by atoms with Crippen LogP contribution in [0.15, 0.2) is 18.2 Å². The lowest BCUT2D eigenvalue weighted by Crippen LogP contribution is -2.29. The summed E-state index contributed by atoms with van der Waals surface area (Å²) in [4.78, 5) is 24.0. The van der Waals surface area contributed by atoms with E-state index in [0.717, 1.165) is 0 Å². The van der Waals surface area contributed by atoms with Crippen molar-refractivity contribution >= 4 is 11.9 Å². The van der Waals surface area contributed by atoms with Crippen LogP contribution in [0.4, 0.5) is 0 Å². The van der Waals surface area contributed by atoms with Crippen molar-refractivity contribution in [1.82, 2.24) is 4.90 Å². The lowest BCUT2D eigenvalue weighted by molar-refractivity contribution is -0.137. The van der Waals surface area contributed by atoms with Gasteiger partial charge in [0.15, 0.2) is 0 Å². The first-order valence-corrected chi connectivity index (χ1v) is 5.69. The average molecular weight is 267 g/mol. The SMILES string of the molecule is COc1ccc(C(=O)N(C)CCC(=O)O)c(OC)c1. The summed E-state index contributed by atoms with van der Waals surface area (Å²) in [5.41, 5.74) is 0.371. The van der Waals surface area contributed by atoms with E-state index in [1.165, 1.54) is 19.1 Å². The number of carbonyl (C=O) groups is 2. The van der Waals surface area contributed by atoms with Crippen molar-refractivity contribution in [3.63, 3.8) is 0 Å². The number of benzene rings is 1. The largest absolute Gasteiger partial charge is 0.497 e. The lowest BCUT2D eigenvalue weighted by Gasteiger charge is -2.18. The minimum atomic E-state index is -0.943. The molecule has 0 aliphatic heterocycles. The van der Waals surface area contributed by atoms with Gasteiger partial charge in [0.25, 0.3) is 5.91 Å². The second-order valence-corrected chi connectivity index (χ2v) is 3.94. The molecule has 0 unspecified atom stereocenters. The molecular weight excluding hydrogens is 250 g/mol. The maximum Gasteiger partial charge on any atom is 0.305 e. The number of hydrogen-bond acceptors (Lipinski definition) is 4. The first-order valence-electron chi connectivity index (χ1n) is 5.69. The molecule has 0 bridgehead atoms. The topological polar surface area (TPSA) is 76.1 Å². The lowest BCUT2D eigenvalue weighted by atomic mass is 10.1. The van der Waals surface area contributed by atoms with E-state index in [0.29, 0.717) is 17.1 Å². The van der Waals surface area contributed by atoms with E-state index in [9.17, 15) is 9.59 Å². The summed E-state index contributed by atoms with van der Waals surface area (Å²) in [7, 11) is 4.53. The van der Waals surface area contributed by atoms with Crippen LogP contribution in [0.25, 0.3) is 0 Å². The molecule has 6 heteroatoms. The van der Waals surface area contributed by atoms with Crippen LogP contribution < -0.4 is 9.47 Å². The second kappa shape index (κ2) is 6.63. The second-order valence-electron chi connectivity index (χ2n) is 3.94. The zero-order chi connectivity index (χ0) is 14.4. The number of rotatable bonds is 6. The standard InChI is InChI=1S/C13H17NO5/c1-14(7-6-12(15)16)13(17)10-5-4-9(18-2)8-11(10)19-3/h4-5,8H,6-7H2,1-3H3,(H,15,16). The molecule has 1 rings (SSSR count). The number of methoxy groups -OCH3 is 2. The van der Waals surface area contributed by atoms with E-state index >= 15 is 0 Å². The summed E-state index contributed by atoms with van der Waals surface area (Å²) in [6, 6.07) is 4.86. The summed E-state index contributed by atoms with van der Waals surface area (Å²) in [6.07, 6.45) is -0.0965. The fourth-order valence-corrected chi connectivity index (χ4v) is 1.55. The Morgan fingerprint density at radius 1 is 1.26 bits per heavy atom. The Labute approximate surface area is 111 Å². The van der Waals surface area contributed by atoms with Crippen molar-refractivity contribution in [3.05, 3.63) is 23.8 Å². The number of nitrogens with zero attached hydrogens (tertiary/aromatic N) is 1. The summed E-state index contributed by atoms with van der Waals surface area (Å²) >= 11 is 0. The molecule has 0 atom stereocenters. The third-order valence-corrected chi connectivity index (χ3v) is 2.65. The van der Waals surface area contributed by atoms with Gasteiger partial charge in [-0.2, -0.15) is 0 Å². The monoisotopic (exact) mass is 267 g/mol. The van der Waals surface area contributed by atoms with E-state index in [1.54, 1.807) is 25.2 Å². The predicted octanol–water partition coefficient (Wildman–Crippen LogP) is 1.25. The highest BCUT2D eigenvalue weighted by molar-refractivity contribution is 5.97. The van der Waals surface area contributed by atoms with Crippen LogP contribution in [0, 0.1) is 0 Å². The Morgan fingerprint density at radius 2 is 1.95 bits per heavy atom. The van der Waals surface area contributed by atoms with Crippen molar-refractivity contribution in [2.75, 3.05) is 27.8 Å². The van der Waals surface area contributed by atoms with Crippen molar-refractivity contribution in [2.24, 2.45) is 0 Å². The Kier molecular flexibility index (Phi) is 5.17. The Hall–Kier alpha value is -2.24. The van der Waals surface area contributed by atoms with Crippen molar-refractivity contribution in [2.45, 2.75) is 6.42 Å². The number of aliphatic carboxylic acids is 1. The molecule has 1 aromatic rings. The van der Waals surface area contributed by atoms with E-state index in [1.807, 2.05) is 0 Å². The first kappa shape index (κ1) is 14.8. The van der Waals surface area contributed by atoms with Gasteiger partial charge >= 0.3 is 5.97 Å². The molecule has 0 saturated heterocycles. The van der Waals surface area contributed by atoms with Gasteiger partial charge in [-0.15, -0.1) is 0 Å². The fraction of sp³-hybridized carbons (Fsp3) is 0.385. The van der Waals surface area contributed by atoms with Gasteiger partial charge < -0.3 is 19.5 Å². The Morgan fingerprint density at radius 3 is 2.47 bits per heavy atom. The van der Waals surface area contributed by atoms with Gasteiger partial charge in [-0.25, -0.2) is 0 Å². The zero-order valence-electron chi connectivity index (χ0n) is 11.2. The average Bonchev–Trinajstić information content (AvgIpc) is 2.42. The van der Waals surface area contributed by atoms with Crippen LogP contribution in [-0.4, -0.2) is 49.7 Å². The Balaban J connectivity index is 2.89. The molecule has 6 nitrogen and oxygen atoms in total. The van der Waals surface area contributed by atoms with Crippen LogP contribution in [0.3, 0.4) is 0 Å². The molecular formula is C13H17NO5. The summed E-state index contributed by atoms with van der Waals surface area (Å²) in [5, 5.41) is 8.60. The Bertz CT molecular complexity index is 472. The van der Waals surface area contributed by atoms with Gasteiger partial charge in [0.1, 0.15) is 11.5 Å². The summed E-state index contributed by atoms with van der Waals surface area (Å²) < 4.78 is 10.2. The number of carboxylic acid groups (broad SMARTS) is 1. The van der Waals surface area contributed by atoms with E-state index in [2.05, 4.69) is 0 Å². The molecule has 0 radical (unpaired) electrons. The van der Waals surface area contributed by atoms with Crippen LogP contribution in [-0.2, 0) is 4.79 Å². The molecule has 1 N–H and O–H groups in total. The molecule has 0 aliphatic carbocycles. The normalized spacial score (nSPS) is 9.84. The van der Waals surface area contributed by atoms with Gasteiger partial charge in [0, 0.05) is 19.7 Å². The highest BCUT2D eigenvalue weighted by Crippen LogP contribution is 2.25. The molecule has 1 amide bonds. The highest BCUT2D eigenvalue weighted by Gasteiger charge is 2.17. The van der Waals surface area contributed by atoms with Crippen LogP contribution in [0.5, 0.6) is 11.5 Å². The smallest absolute Gasteiger partial charge is 0.305 e. The minimum absolute atomic E-state index is 0.0965. The van der Waals surface area contributed by atoms with Crippen LogP contribution in [0.2, 0.25) is 0 Å². The van der Waals surface area contributed by atoms with Crippen LogP contribution >= 0.6 is 0 Å². The number of hydrogen-bond donors (Lipinski definition) is 1. The number of ether oxygens (including phenoxy) is 2. The summed E-state index contributed by atoms with van der Waals surface area (Å²) in [5.74, 6) is -0.254. The maximum absolute atomic E-state index is 12.1. The highest BCUT2D eigenvalue weighted by atomic mass is 16.5. The minimum Gasteiger partial charge on any atom is -0.497 e.